The third-order valence-corrected chi connectivity index (χ3v) is 5.21. The second-order valence-electron chi connectivity index (χ2n) is 4.31. The molecule has 2 N–H and O–H groups in total. The minimum absolute atomic E-state index is 0.104. The standard InChI is InChI=1S/C10H14N2O4S/c1-10(9(13)14)4-2-6-12(10)17(15,16)8-3-5-11-7-8/h3,5,7,11H,2,4,6H2,1H3,(H,13,14). The Labute approximate surface area is 99.3 Å². The highest BCUT2D eigenvalue weighted by atomic mass is 32.2. The minimum Gasteiger partial charge on any atom is -0.480 e. The normalized spacial score (nSPS) is 26.2. The van der Waals surface area contributed by atoms with Crippen molar-refractivity contribution in [3.8, 4) is 0 Å². The smallest absolute Gasteiger partial charge is 0.324 e. The molecular formula is C10H14N2O4S. The first-order valence-corrected chi connectivity index (χ1v) is 6.72. The van der Waals surface area contributed by atoms with Gasteiger partial charge in [-0.3, -0.25) is 4.79 Å². The number of hydrogen-bond acceptors (Lipinski definition) is 3. The first-order valence-electron chi connectivity index (χ1n) is 5.28. The molecule has 1 aromatic rings. The van der Waals surface area contributed by atoms with Crippen LogP contribution in [0.3, 0.4) is 0 Å². The number of carboxylic acids is 1. The van der Waals surface area contributed by atoms with Crippen molar-refractivity contribution in [1.29, 1.82) is 0 Å². The molecule has 0 saturated carbocycles. The average Bonchev–Trinajstić information content (AvgIpc) is 2.85. The lowest BCUT2D eigenvalue weighted by atomic mass is 10.0. The van der Waals surface area contributed by atoms with E-state index in [9.17, 15) is 18.3 Å². The number of hydrogen-bond donors (Lipinski definition) is 2. The molecule has 0 bridgehead atoms. The van der Waals surface area contributed by atoms with E-state index in [1.54, 1.807) is 0 Å². The highest BCUT2D eigenvalue weighted by molar-refractivity contribution is 7.89. The number of H-pyrrole nitrogens is 1. The summed E-state index contributed by atoms with van der Waals surface area (Å²) in [5.74, 6) is -1.10. The van der Waals surface area contributed by atoms with Gasteiger partial charge in [0.1, 0.15) is 5.54 Å². The van der Waals surface area contributed by atoms with E-state index in [0.717, 1.165) is 4.31 Å². The Hall–Kier alpha value is -1.34. The molecule has 0 radical (unpaired) electrons. The van der Waals surface area contributed by atoms with Gasteiger partial charge in [0.2, 0.25) is 10.0 Å². The number of nitrogens with zero attached hydrogens (tertiary/aromatic N) is 1. The monoisotopic (exact) mass is 258 g/mol. The quantitative estimate of drug-likeness (QED) is 0.832. The topological polar surface area (TPSA) is 90.5 Å². The average molecular weight is 258 g/mol. The molecular weight excluding hydrogens is 244 g/mol. The summed E-state index contributed by atoms with van der Waals surface area (Å²) < 4.78 is 25.6. The summed E-state index contributed by atoms with van der Waals surface area (Å²) in [6.07, 6.45) is 3.76. The van der Waals surface area contributed by atoms with Crippen molar-refractivity contribution in [2.45, 2.75) is 30.2 Å². The van der Waals surface area contributed by atoms with E-state index >= 15 is 0 Å². The molecule has 0 aliphatic carbocycles. The van der Waals surface area contributed by atoms with Crippen molar-refractivity contribution in [1.82, 2.24) is 9.29 Å². The second-order valence-corrected chi connectivity index (χ2v) is 6.17. The van der Waals surface area contributed by atoms with Gasteiger partial charge in [-0.05, 0) is 25.8 Å². The Kier molecular flexibility index (Phi) is 2.75. The SMILES string of the molecule is CC1(C(=O)O)CCCN1S(=O)(=O)c1cc[nH]c1. The number of carboxylic acid groups (broad SMARTS) is 1. The van der Waals surface area contributed by atoms with Crippen molar-refractivity contribution in [2.75, 3.05) is 6.54 Å². The van der Waals surface area contributed by atoms with Crippen LogP contribution in [0.15, 0.2) is 23.4 Å². The van der Waals surface area contributed by atoms with E-state index in [4.69, 9.17) is 0 Å². The zero-order valence-corrected chi connectivity index (χ0v) is 10.2. The Morgan fingerprint density at radius 3 is 2.82 bits per heavy atom. The minimum atomic E-state index is -3.73. The maximum Gasteiger partial charge on any atom is 0.324 e. The third-order valence-electron chi connectivity index (χ3n) is 3.19. The Morgan fingerprint density at radius 1 is 1.59 bits per heavy atom. The summed E-state index contributed by atoms with van der Waals surface area (Å²) in [6.45, 7) is 1.70. The number of nitrogens with one attached hydrogen (secondary N) is 1. The molecule has 1 aliphatic heterocycles. The zero-order valence-electron chi connectivity index (χ0n) is 9.38. The van der Waals surface area contributed by atoms with E-state index in [-0.39, 0.29) is 11.4 Å². The van der Waals surface area contributed by atoms with Crippen LogP contribution in [0, 0.1) is 0 Å². The molecule has 1 fully saturated rings. The van der Waals surface area contributed by atoms with Crippen LogP contribution in [-0.4, -0.2) is 40.9 Å². The van der Waals surface area contributed by atoms with Gasteiger partial charge in [-0.2, -0.15) is 4.31 Å². The predicted molar refractivity (Wildman–Crippen MR) is 60.0 cm³/mol. The number of aromatic amines is 1. The molecule has 2 heterocycles. The predicted octanol–water partition coefficient (Wildman–Crippen LogP) is 0.642. The van der Waals surface area contributed by atoms with E-state index in [2.05, 4.69) is 4.98 Å². The van der Waals surface area contributed by atoms with Crippen molar-refractivity contribution in [2.24, 2.45) is 0 Å². The largest absolute Gasteiger partial charge is 0.480 e. The van der Waals surface area contributed by atoms with Crippen LogP contribution in [0.5, 0.6) is 0 Å². The first kappa shape index (κ1) is 12.1. The second kappa shape index (κ2) is 3.85. The van der Waals surface area contributed by atoms with Crippen molar-refractivity contribution >= 4 is 16.0 Å². The molecule has 0 aromatic carbocycles. The molecule has 6 nitrogen and oxygen atoms in total. The maximum atomic E-state index is 12.3. The van der Waals surface area contributed by atoms with E-state index in [0.29, 0.717) is 12.8 Å². The van der Waals surface area contributed by atoms with Gasteiger partial charge in [0.15, 0.2) is 0 Å². The summed E-state index contributed by atoms with van der Waals surface area (Å²) in [6, 6.07) is 1.43. The van der Waals surface area contributed by atoms with E-state index in [1.807, 2.05) is 0 Å². The fraction of sp³-hybridized carbons (Fsp3) is 0.500. The number of aliphatic carboxylic acids is 1. The number of sulfonamides is 1. The molecule has 1 atom stereocenters. The molecule has 2 rings (SSSR count). The van der Waals surface area contributed by atoms with Gasteiger partial charge in [0, 0.05) is 18.9 Å². The highest BCUT2D eigenvalue weighted by Crippen LogP contribution is 2.34. The van der Waals surface area contributed by atoms with Crippen molar-refractivity contribution < 1.29 is 18.3 Å². The number of rotatable bonds is 3. The summed E-state index contributed by atoms with van der Waals surface area (Å²) in [7, 11) is -3.73. The third kappa shape index (κ3) is 1.75. The summed E-state index contributed by atoms with van der Waals surface area (Å²) in [5, 5.41) is 9.19. The molecule has 1 aliphatic rings. The fourth-order valence-corrected chi connectivity index (χ4v) is 3.91. The van der Waals surface area contributed by atoms with Crippen LogP contribution in [0.4, 0.5) is 0 Å². The Balaban J connectivity index is 2.44. The lowest BCUT2D eigenvalue weighted by molar-refractivity contribution is -0.146. The molecule has 0 amide bonds. The van der Waals surface area contributed by atoms with Gasteiger partial charge in [0.05, 0.1) is 4.90 Å². The number of aromatic nitrogens is 1. The zero-order chi connectivity index (χ0) is 12.7. The molecule has 94 valence electrons. The summed E-state index contributed by atoms with van der Waals surface area (Å²) >= 11 is 0. The first-order chi connectivity index (χ1) is 7.89. The molecule has 0 spiro atoms. The van der Waals surface area contributed by atoms with Crippen LogP contribution in [0.25, 0.3) is 0 Å². The summed E-state index contributed by atoms with van der Waals surface area (Å²) in [5.41, 5.74) is -1.34. The van der Waals surface area contributed by atoms with Crippen LogP contribution >= 0.6 is 0 Å². The van der Waals surface area contributed by atoms with Crippen LogP contribution < -0.4 is 0 Å². The van der Waals surface area contributed by atoms with Crippen LogP contribution in [0.2, 0.25) is 0 Å². The molecule has 1 unspecified atom stereocenters. The molecule has 7 heteroatoms. The van der Waals surface area contributed by atoms with Gasteiger partial charge in [-0.15, -0.1) is 0 Å². The lowest BCUT2D eigenvalue weighted by Gasteiger charge is -2.29. The number of carbonyl (C=O) groups is 1. The van der Waals surface area contributed by atoms with Gasteiger partial charge >= 0.3 is 5.97 Å². The molecule has 1 aromatic heterocycles. The van der Waals surface area contributed by atoms with Crippen LogP contribution in [-0.2, 0) is 14.8 Å². The van der Waals surface area contributed by atoms with Crippen molar-refractivity contribution in [3.63, 3.8) is 0 Å². The molecule has 17 heavy (non-hydrogen) atoms. The van der Waals surface area contributed by atoms with E-state index < -0.39 is 21.5 Å². The van der Waals surface area contributed by atoms with Gasteiger partial charge < -0.3 is 10.1 Å². The van der Waals surface area contributed by atoms with Crippen LogP contribution in [0.1, 0.15) is 19.8 Å². The Bertz CT molecular complexity index is 523. The fourth-order valence-electron chi connectivity index (χ4n) is 2.13. The van der Waals surface area contributed by atoms with Gasteiger partial charge in [-0.25, -0.2) is 8.42 Å². The van der Waals surface area contributed by atoms with Gasteiger partial charge in [-0.1, -0.05) is 0 Å². The van der Waals surface area contributed by atoms with Crippen molar-refractivity contribution in [3.05, 3.63) is 18.5 Å². The Morgan fingerprint density at radius 2 is 2.29 bits per heavy atom. The lowest BCUT2D eigenvalue weighted by Crippen LogP contribution is -2.50. The highest BCUT2D eigenvalue weighted by Gasteiger charge is 2.49. The molecule has 1 saturated heterocycles. The summed E-state index contributed by atoms with van der Waals surface area (Å²) in [4.78, 5) is 14.0. The maximum absolute atomic E-state index is 12.3. The van der Waals surface area contributed by atoms with Gasteiger partial charge in [0.25, 0.3) is 0 Å². The van der Waals surface area contributed by atoms with E-state index in [1.165, 1.54) is 25.4 Å².